The van der Waals surface area contributed by atoms with E-state index in [9.17, 15) is 18.0 Å². The Hall–Kier alpha value is -2.31. The van der Waals surface area contributed by atoms with E-state index < -0.39 is 17.6 Å². The van der Waals surface area contributed by atoms with Crippen LogP contribution in [0.3, 0.4) is 0 Å². The lowest BCUT2D eigenvalue weighted by atomic mass is 10.1. The van der Waals surface area contributed by atoms with Gasteiger partial charge in [-0.2, -0.15) is 18.3 Å². The van der Waals surface area contributed by atoms with Gasteiger partial charge < -0.3 is 5.32 Å². The van der Waals surface area contributed by atoms with Gasteiger partial charge in [-0.05, 0) is 32.0 Å². The molecule has 0 spiro atoms. The normalized spacial score (nSPS) is 11.5. The molecule has 1 amide bonds. The first-order chi connectivity index (χ1) is 10.3. The summed E-state index contributed by atoms with van der Waals surface area (Å²) in [4.78, 5) is 12.0. The van der Waals surface area contributed by atoms with Gasteiger partial charge in [-0.1, -0.05) is 6.07 Å². The zero-order chi connectivity index (χ0) is 16.3. The molecule has 0 bridgehead atoms. The van der Waals surface area contributed by atoms with E-state index in [1.807, 2.05) is 13.8 Å². The van der Waals surface area contributed by atoms with Crippen molar-refractivity contribution in [3.63, 3.8) is 0 Å². The number of hydrogen-bond acceptors (Lipinski definition) is 2. The van der Waals surface area contributed by atoms with Crippen LogP contribution in [0.1, 0.15) is 34.1 Å². The van der Waals surface area contributed by atoms with Gasteiger partial charge in [0.2, 0.25) is 0 Å². The van der Waals surface area contributed by atoms with Crippen LogP contribution in [0, 0.1) is 6.92 Å². The Morgan fingerprint density at radius 3 is 2.68 bits per heavy atom. The maximum atomic E-state index is 12.6. The molecule has 0 atom stereocenters. The number of halogens is 3. The van der Waals surface area contributed by atoms with Gasteiger partial charge in [0.1, 0.15) is 0 Å². The lowest BCUT2D eigenvalue weighted by Gasteiger charge is -2.09. The van der Waals surface area contributed by atoms with Crippen molar-refractivity contribution in [1.29, 1.82) is 0 Å². The Bertz CT molecular complexity index is 677. The quantitative estimate of drug-likeness (QED) is 0.943. The summed E-state index contributed by atoms with van der Waals surface area (Å²) in [5.41, 5.74) is 0.902. The van der Waals surface area contributed by atoms with Crippen LogP contribution in [0.15, 0.2) is 30.5 Å². The molecule has 1 aromatic carbocycles. The smallest absolute Gasteiger partial charge is 0.348 e. The number of carbonyl (C=O) groups excluding carboxylic acids is 1. The molecular weight excluding hydrogens is 295 g/mol. The second kappa shape index (κ2) is 6.21. The molecule has 0 radical (unpaired) electrons. The summed E-state index contributed by atoms with van der Waals surface area (Å²) in [6.45, 7) is 4.77. The van der Waals surface area contributed by atoms with Crippen LogP contribution in [0.4, 0.5) is 13.2 Å². The van der Waals surface area contributed by atoms with Crippen molar-refractivity contribution >= 4 is 5.91 Å². The van der Waals surface area contributed by atoms with Crippen LogP contribution < -0.4 is 5.32 Å². The number of carbonyl (C=O) groups is 1. The number of aryl methyl sites for hydroxylation is 1. The molecule has 4 nitrogen and oxygen atoms in total. The summed E-state index contributed by atoms with van der Waals surface area (Å²) in [6, 6.07) is 4.36. The number of aromatic nitrogens is 2. The molecule has 118 valence electrons. The van der Waals surface area contributed by atoms with E-state index in [0.29, 0.717) is 6.54 Å². The number of rotatable bonds is 4. The topological polar surface area (TPSA) is 46.9 Å². The summed E-state index contributed by atoms with van der Waals surface area (Å²) in [6.07, 6.45) is -2.82. The first kappa shape index (κ1) is 16.1. The zero-order valence-electron chi connectivity index (χ0n) is 12.2. The van der Waals surface area contributed by atoms with E-state index in [4.69, 9.17) is 0 Å². The maximum Gasteiger partial charge on any atom is 0.416 e. The Morgan fingerprint density at radius 1 is 1.36 bits per heavy atom. The minimum atomic E-state index is -4.46. The van der Waals surface area contributed by atoms with Crippen LogP contribution >= 0.6 is 0 Å². The second-order valence-electron chi connectivity index (χ2n) is 4.83. The van der Waals surface area contributed by atoms with Crippen LogP contribution in [-0.4, -0.2) is 15.7 Å². The first-order valence-electron chi connectivity index (χ1n) is 6.79. The summed E-state index contributed by atoms with van der Waals surface area (Å²) in [5, 5.41) is 6.76. The highest BCUT2D eigenvalue weighted by atomic mass is 19.4. The summed E-state index contributed by atoms with van der Waals surface area (Å²) >= 11 is 0. The van der Waals surface area contributed by atoms with Crippen LogP contribution in [-0.2, 0) is 19.3 Å². The van der Waals surface area contributed by atoms with Crippen molar-refractivity contribution < 1.29 is 18.0 Å². The van der Waals surface area contributed by atoms with Gasteiger partial charge in [-0.15, -0.1) is 0 Å². The lowest BCUT2D eigenvalue weighted by molar-refractivity contribution is -0.137. The molecule has 7 heteroatoms. The van der Waals surface area contributed by atoms with E-state index >= 15 is 0 Å². The number of hydrogen-bond donors (Lipinski definition) is 1. The molecule has 0 aliphatic rings. The van der Waals surface area contributed by atoms with Crippen molar-refractivity contribution in [3.05, 3.63) is 52.8 Å². The molecule has 2 aromatic rings. The lowest BCUT2D eigenvalue weighted by Crippen LogP contribution is -2.23. The minimum absolute atomic E-state index is 0.0182. The Morgan fingerprint density at radius 2 is 2.09 bits per heavy atom. The summed E-state index contributed by atoms with van der Waals surface area (Å²) in [5.74, 6) is -0.547. The van der Waals surface area contributed by atoms with Crippen LogP contribution in [0.2, 0.25) is 0 Å². The fraction of sp³-hybridized carbons (Fsp3) is 0.333. The molecule has 0 saturated heterocycles. The fourth-order valence-electron chi connectivity index (χ4n) is 2.09. The number of alkyl halides is 3. The van der Waals surface area contributed by atoms with Crippen molar-refractivity contribution in [2.75, 3.05) is 0 Å². The maximum absolute atomic E-state index is 12.6. The van der Waals surface area contributed by atoms with Crippen molar-refractivity contribution in [1.82, 2.24) is 15.1 Å². The average molecular weight is 311 g/mol. The van der Waals surface area contributed by atoms with Gasteiger partial charge in [-0.25, -0.2) is 0 Å². The van der Waals surface area contributed by atoms with Gasteiger partial charge in [0.05, 0.1) is 11.8 Å². The van der Waals surface area contributed by atoms with E-state index in [1.165, 1.54) is 12.1 Å². The predicted molar refractivity (Wildman–Crippen MR) is 75.3 cm³/mol. The first-order valence-corrected chi connectivity index (χ1v) is 6.79. The molecule has 1 N–H and O–H groups in total. The number of benzene rings is 1. The van der Waals surface area contributed by atoms with E-state index in [0.717, 1.165) is 23.4 Å². The Labute approximate surface area is 125 Å². The van der Waals surface area contributed by atoms with Crippen LogP contribution in [0.25, 0.3) is 0 Å². The van der Waals surface area contributed by atoms with Crippen molar-refractivity contribution in [3.8, 4) is 0 Å². The molecule has 1 aromatic heterocycles. The highest BCUT2D eigenvalue weighted by Gasteiger charge is 2.30. The third kappa shape index (κ3) is 3.47. The molecule has 0 aliphatic carbocycles. The Balaban J connectivity index is 2.08. The molecule has 22 heavy (non-hydrogen) atoms. The molecule has 1 heterocycles. The van der Waals surface area contributed by atoms with Gasteiger partial charge in [0, 0.05) is 29.9 Å². The van der Waals surface area contributed by atoms with E-state index in [1.54, 1.807) is 10.9 Å². The number of amides is 1. The average Bonchev–Trinajstić information content (AvgIpc) is 2.84. The van der Waals surface area contributed by atoms with Crippen molar-refractivity contribution in [2.45, 2.75) is 33.1 Å². The van der Waals surface area contributed by atoms with Crippen molar-refractivity contribution in [2.24, 2.45) is 0 Å². The minimum Gasteiger partial charge on any atom is -0.348 e. The summed E-state index contributed by atoms with van der Waals surface area (Å²) < 4.78 is 39.7. The fourth-order valence-corrected chi connectivity index (χ4v) is 2.09. The van der Waals surface area contributed by atoms with Gasteiger partial charge in [0.25, 0.3) is 5.91 Å². The monoisotopic (exact) mass is 311 g/mol. The molecule has 0 unspecified atom stereocenters. The third-order valence-corrected chi connectivity index (χ3v) is 3.40. The van der Waals surface area contributed by atoms with Gasteiger partial charge in [0.15, 0.2) is 0 Å². The zero-order valence-corrected chi connectivity index (χ0v) is 12.2. The number of nitrogens with one attached hydrogen (secondary N) is 1. The standard InChI is InChI=1S/C15H16F3N3O/c1-3-21-10(2)12(9-20-21)8-19-14(22)11-5-4-6-13(7-11)15(16,17)18/h4-7,9H,3,8H2,1-2H3,(H,19,22). The second-order valence-corrected chi connectivity index (χ2v) is 4.83. The highest BCUT2D eigenvalue weighted by molar-refractivity contribution is 5.94. The molecular formula is C15H16F3N3O. The Kier molecular flexibility index (Phi) is 4.54. The number of nitrogens with zero attached hydrogens (tertiary/aromatic N) is 2. The SMILES string of the molecule is CCn1ncc(CNC(=O)c2cccc(C(F)(F)F)c2)c1C. The van der Waals surface area contributed by atoms with Crippen LogP contribution in [0.5, 0.6) is 0 Å². The predicted octanol–water partition coefficient (Wildman–Crippen LogP) is 3.16. The molecule has 0 saturated carbocycles. The molecule has 2 rings (SSSR count). The third-order valence-electron chi connectivity index (χ3n) is 3.40. The highest BCUT2D eigenvalue weighted by Crippen LogP contribution is 2.29. The van der Waals surface area contributed by atoms with E-state index in [-0.39, 0.29) is 12.1 Å². The largest absolute Gasteiger partial charge is 0.416 e. The molecule has 0 fully saturated rings. The molecule has 0 aliphatic heterocycles. The van der Waals surface area contributed by atoms with Gasteiger partial charge in [-0.3, -0.25) is 9.48 Å². The van der Waals surface area contributed by atoms with E-state index in [2.05, 4.69) is 10.4 Å². The van der Waals surface area contributed by atoms with Gasteiger partial charge >= 0.3 is 6.18 Å². The summed E-state index contributed by atoms with van der Waals surface area (Å²) in [7, 11) is 0.